The molecule has 0 aromatic heterocycles. The van der Waals surface area contributed by atoms with Crippen LogP contribution < -0.4 is 0 Å². The van der Waals surface area contributed by atoms with Gasteiger partial charge in [0.25, 0.3) is 0 Å². The lowest BCUT2D eigenvalue weighted by atomic mass is 9.97. The highest BCUT2D eigenvalue weighted by Gasteiger charge is 2.26. The van der Waals surface area contributed by atoms with Crippen molar-refractivity contribution in [3.63, 3.8) is 0 Å². The number of ether oxygens (including phenoxy) is 1. The number of carbonyl (C=O) groups excluding carboxylic acids is 2. The van der Waals surface area contributed by atoms with Gasteiger partial charge in [0.15, 0.2) is 5.12 Å². The van der Waals surface area contributed by atoms with Crippen LogP contribution in [0.5, 0.6) is 0 Å². The van der Waals surface area contributed by atoms with Crippen molar-refractivity contribution in [3.8, 4) is 0 Å². The molecule has 0 amide bonds. The van der Waals surface area contributed by atoms with Gasteiger partial charge in [-0.2, -0.15) is 0 Å². The molecule has 0 aliphatic carbocycles. The summed E-state index contributed by atoms with van der Waals surface area (Å²) < 4.78 is 5.13. The summed E-state index contributed by atoms with van der Waals surface area (Å²) in [7, 11) is 0. The standard InChI is InChI=1S/C13H24O3S/c1-9(16-11(15)12(2,3)4)8-10(14)17-13(5,6)7/h9H,8H2,1-7H3/t9-/m1/s1. The predicted octanol–water partition coefficient (Wildman–Crippen LogP) is 3.41. The van der Waals surface area contributed by atoms with Crippen LogP contribution in [-0.4, -0.2) is 21.9 Å². The van der Waals surface area contributed by atoms with Crippen molar-refractivity contribution in [2.75, 3.05) is 0 Å². The Morgan fingerprint density at radius 2 is 1.59 bits per heavy atom. The van der Waals surface area contributed by atoms with E-state index in [-0.39, 0.29) is 28.4 Å². The van der Waals surface area contributed by atoms with Crippen LogP contribution in [-0.2, 0) is 14.3 Å². The fourth-order valence-corrected chi connectivity index (χ4v) is 2.02. The SMILES string of the molecule is C[C@H](CC(=O)SC(C)(C)C)OC(=O)C(C)(C)C. The average molecular weight is 260 g/mol. The van der Waals surface area contributed by atoms with Gasteiger partial charge in [-0.15, -0.1) is 0 Å². The quantitative estimate of drug-likeness (QED) is 0.729. The third-order valence-corrected chi connectivity index (χ3v) is 2.80. The first-order valence-electron chi connectivity index (χ1n) is 5.85. The van der Waals surface area contributed by atoms with Crippen LogP contribution >= 0.6 is 11.8 Å². The second-order valence-electron chi connectivity index (χ2n) is 6.26. The van der Waals surface area contributed by atoms with Crippen molar-refractivity contribution >= 4 is 22.8 Å². The summed E-state index contributed by atoms with van der Waals surface area (Å²) in [6.45, 7) is 13.1. The van der Waals surface area contributed by atoms with Crippen molar-refractivity contribution in [2.45, 2.75) is 65.7 Å². The van der Waals surface area contributed by atoms with Crippen molar-refractivity contribution in [3.05, 3.63) is 0 Å². The molecule has 3 nitrogen and oxygen atoms in total. The molecule has 17 heavy (non-hydrogen) atoms. The molecular weight excluding hydrogens is 236 g/mol. The normalized spacial score (nSPS) is 14.3. The van der Waals surface area contributed by atoms with Crippen LogP contribution in [0, 0.1) is 5.41 Å². The predicted molar refractivity (Wildman–Crippen MR) is 72.0 cm³/mol. The summed E-state index contributed by atoms with van der Waals surface area (Å²) in [6, 6.07) is 0. The first-order chi connectivity index (χ1) is 7.42. The van der Waals surface area contributed by atoms with E-state index in [9.17, 15) is 9.59 Å². The van der Waals surface area contributed by atoms with Crippen molar-refractivity contribution < 1.29 is 14.3 Å². The molecule has 0 saturated heterocycles. The number of thioether (sulfide) groups is 1. The summed E-state index contributed by atoms with van der Waals surface area (Å²) in [5.74, 6) is -0.265. The molecule has 0 fully saturated rings. The molecule has 0 bridgehead atoms. The Kier molecular flexibility index (Phi) is 5.72. The second-order valence-corrected chi connectivity index (χ2v) is 8.14. The van der Waals surface area contributed by atoms with E-state index in [1.807, 2.05) is 20.8 Å². The highest BCUT2D eigenvalue weighted by atomic mass is 32.2. The highest BCUT2D eigenvalue weighted by Crippen LogP contribution is 2.26. The maximum atomic E-state index is 11.7. The third kappa shape index (κ3) is 8.25. The maximum absolute atomic E-state index is 11.7. The molecule has 0 rings (SSSR count). The first kappa shape index (κ1) is 16.5. The monoisotopic (exact) mass is 260 g/mol. The lowest BCUT2D eigenvalue weighted by Crippen LogP contribution is -2.28. The van der Waals surface area contributed by atoms with Gasteiger partial charge in [-0.05, 0) is 27.7 Å². The fourth-order valence-electron chi connectivity index (χ4n) is 1.02. The number of rotatable bonds is 3. The van der Waals surface area contributed by atoms with E-state index in [4.69, 9.17) is 4.74 Å². The summed E-state index contributed by atoms with van der Waals surface area (Å²) >= 11 is 1.29. The van der Waals surface area contributed by atoms with Gasteiger partial charge in [0.1, 0.15) is 6.10 Å². The molecule has 0 heterocycles. The summed E-state index contributed by atoms with van der Waals surface area (Å²) in [5, 5.41) is 0.0618. The zero-order valence-electron chi connectivity index (χ0n) is 11.9. The molecule has 0 radical (unpaired) electrons. The van der Waals surface area contributed by atoms with Crippen molar-refractivity contribution in [2.24, 2.45) is 5.41 Å². The Hall–Kier alpha value is -0.510. The van der Waals surface area contributed by atoms with Crippen molar-refractivity contribution in [1.82, 2.24) is 0 Å². The smallest absolute Gasteiger partial charge is 0.311 e. The van der Waals surface area contributed by atoms with E-state index >= 15 is 0 Å². The molecule has 0 saturated carbocycles. The van der Waals surface area contributed by atoms with E-state index < -0.39 is 5.41 Å². The van der Waals surface area contributed by atoms with Crippen LogP contribution in [0.4, 0.5) is 0 Å². The van der Waals surface area contributed by atoms with Crippen LogP contribution in [0.3, 0.4) is 0 Å². The molecule has 0 aliphatic rings. The molecule has 0 spiro atoms. The highest BCUT2D eigenvalue weighted by molar-refractivity contribution is 8.14. The van der Waals surface area contributed by atoms with Gasteiger partial charge < -0.3 is 4.74 Å². The number of hydrogen-bond donors (Lipinski definition) is 0. The molecular formula is C13H24O3S. The van der Waals surface area contributed by atoms with Gasteiger partial charge in [0.05, 0.1) is 11.8 Å². The Labute approximate surface area is 109 Å². The van der Waals surface area contributed by atoms with E-state index in [1.54, 1.807) is 27.7 Å². The Morgan fingerprint density at radius 1 is 1.12 bits per heavy atom. The average Bonchev–Trinajstić information content (AvgIpc) is 1.96. The van der Waals surface area contributed by atoms with Crippen LogP contribution in [0.2, 0.25) is 0 Å². The van der Waals surface area contributed by atoms with Gasteiger partial charge in [0, 0.05) is 4.75 Å². The topological polar surface area (TPSA) is 43.4 Å². The first-order valence-corrected chi connectivity index (χ1v) is 6.66. The Bertz CT molecular complexity index is 284. The molecule has 0 unspecified atom stereocenters. The zero-order chi connectivity index (χ0) is 13.9. The van der Waals surface area contributed by atoms with Crippen LogP contribution in [0.25, 0.3) is 0 Å². The molecule has 100 valence electrons. The summed E-state index contributed by atoms with van der Waals surface area (Å²) in [4.78, 5) is 23.3. The van der Waals surface area contributed by atoms with Crippen LogP contribution in [0.1, 0.15) is 54.9 Å². The lowest BCUT2D eigenvalue weighted by Gasteiger charge is -2.21. The molecule has 4 heteroatoms. The minimum absolute atomic E-state index is 0.0618. The van der Waals surface area contributed by atoms with E-state index in [0.29, 0.717) is 0 Å². The Morgan fingerprint density at radius 3 is 1.94 bits per heavy atom. The minimum atomic E-state index is -0.519. The van der Waals surface area contributed by atoms with E-state index in [0.717, 1.165) is 0 Å². The Balaban J connectivity index is 4.16. The molecule has 0 N–H and O–H groups in total. The summed E-state index contributed by atoms with van der Waals surface area (Å²) in [5.41, 5.74) is -0.519. The largest absolute Gasteiger partial charge is 0.462 e. The van der Waals surface area contributed by atoms with Gasteiger partial charge in [-0.25, -0.2) is 0 Å². The molecule has 0 aliphatic heterocycles. The van der Waals surface area contributed by atoms with Crippen molar-refractivity contribution in [1.29, 1.82) is 0 Å². The third-order valence-electron chi connectivity index (χ3n) is 1.79. The number of carbonyl (C=O) groups is 2. The van der Waals surface area contributed by atoms with Gasteiger partial charge in [-0.3, -0.25) is 9.59 Å². The van der Waals surface area contributed by atoms with Gasteiger partial charge in [0.2, 0.25) is 0 Å². The molecule has 0 aromatic rings. The number of hydrogen-bond acceptors (Lipinski definition) is 4. The van der Waals surface area contributed by atoms with Gasteiger partial charge in [-0.1, -0.05) is 32.5 Å². The van der Waals surface area contributed by atoms with E-state index in [1.165, 1.54) is 11.8 Å². The summed E-state index contributed by atoms with van der Waals surface area (Å²) in [6.07, 6.45) is -0.0897. The molecule has 1 atom stereocenters. The van der Waals surface area contributed by atoms with Gasteiger partial charge >= 0.3 is 5.97 Å². The maximum Gasteiger partial charge on any atom is 0.311 e. The molecule has 0 aromatic carbocycles. The second kappa shape index (κ2) is 5.89. The number of esters is 1. The fraction of sp³-hybridized carbons (Fsp3) is 0.846. The van der Waals surface area contributed by atoms with E-state index in [2.05, 4.69) is 0 Å². The minimum Gasteiger partial charge on any atom is -0.462 e. The van der Waals surface area contributed by atoms with Crippen LogP contribution in [0.15, 0.2) is 0 Å². The zero-order valence-corrected chi connectivity index (χ0v) is 12.7. The lowest BCUT2D eigenvalue weighted by molar-refractivity contribution is -0.158.